The van der Waals surface area contributed by atoms with Crippen LogP contribution in [0.25, 0.3) is 0 Å². The maximum atomic E-state index is 13.2. The minimum Gasteiger partial charge on any atom is -0.497 e. The fraction of sp³-hybridized carbons (Fsp3) is 0.462. The fourth-order valence-corrected chi connectivity index (χ4v) is 4.96. The fourth-order valence-electron chi connectivity index (χ4n) is 4.96. The zero-order valence-corrected chi connectivity index (χ0v) is 19.5. The van der Waals surface area contributed by atoms with Crippen molar-refractivity contribution in [3.63, 3.8) is 0 Å². The Kier molecular flexibility index (Phi) is 7.18. The molecule has 0 aliphatic carbocycles. The number of amides is 2. The highest BCUT2D eigenvalue weighted by molar-refractivity contribution is 5.94. The molecule has 2 aromatic rings. The Morgan fingerprint density at radius 3 is 2.64 bits per heavy atom. The minimum absolute atomic E-state index is 0.0458. The van der Waals surface area contributed by atoms with Crippen LogP contribution >= 0.6 is 0 Å². The molecular weight excluding hydrogens is 418 g/mol. The number of carbonyl (C=O) groups is 2. The number of methoxy groups -OCH3 is 1. The van der Waals surface area contributed by atoms with Gasteiger partial charge in [-0.05, 0) is 68.1 Å². The summed E-state index contributed by atoms with van der Waals surface area (Å²) in [6, 6.07) is 16.0. The van der Waals surface area contributed by atoms with E-state index < -0.39 is 5.41 Å². The highest BCUT2D eigenvalue weighted by Gasteiger charge is 2.43. The molecule has 0 spiro atoms. The van der Waals surface area contributed by atoms with Gasteiger partial charge >= 0.3 is 12.0 Å². The number of piperidine rings is 1. The maximum absolute atomic E-state index is 13.2. The van der Waals surface area contributed by atoms with E-state index in [4.69, 9.17) is 9.47 Å². The average molecular weight is 452 g/mol. The Morgan fingerprint density at radius 1 is 1.12 bits per heavy atom. The van der Waals surface area contributed by atoms with Gasteiger partial charge in [-0.15, -0.1) is 0 Å². The Bertz CT molecular complexity index is 978. The summed E-state index contributed by atoms with van der Waals surface area (Å²) in [6.45, 7) is 5.96. The molecule has 0 unspecified atom stereocenters. The van der Waals surface area contributed by atoms with Crippen LogP contribution in [0, 0.1) is 5.41 Å². The van der Waals surface area contributed by atoms with Crippen molar-refractivity contribution in [1.82, 2.24) is 10.2 Å². The SMILES string of the molecule is CCOC(=O)[C@@]1(Cc2cccc(OC)c2)CCCN(Cc2ccc(N3CCNC3=O)cc2)C1. The molecule has 0 bridgehead atoms. The van der Waals surface area contributed by atoms with Crippen molar-refractivity contribution >= 4 is 17.7 Å². The van der Waals surface area contributed by atoms with Crippen LogP contribution in [0.2, 0.25) is 0 Å². The standard InChI is InChI=1S/C26H33N3O4/c1-3-33-24(30)26(17-21-6-4-7-23(16-21)32-2)12-5-14-28(19-26)18-20-8-10-22(11-9-20)29-15-13-27-25(29)31/h4,6-11,16H,3,5,12-15,17-19H2,1-2H3,(H,27,31)/t26-/m1/s1. The van der Waals surface area contributed by atoms with Gasteiger partial charge in [0.2, 0.25) is 0 Å². The average Bonchev–Trinajstić information content (AvgIpc) is 3.26. The summed E-state index contributed by atoms with van der Waals surface area (Å²) < 4.78 is 10.9. The summed E-state index contributed by atoms with van der Waals surface area (Å²) in [5.74, 6) is 0.680. The molecule has 7 heteroatoms. The molecule has 0 radical (unpaired) electrons. The van der Waals surface area contributed by atoms with Gasteiger partial charge in [-0.3, -0.25) is 14.6 Å². The first-order valence-electron chi connectivity index (χ1n) is 11.7. The highest BCUT2D eigenvalue weighted by Crippen LogP contribution is 2.36. The van der Waals surface area contributed by atoms with E-state index in [1.807, 2.05) is 37.3 Å². The molecule has 2 aliphatic rings. The third kappa shape index (κ3) is 5.30. The summed E-state index contributed by atoms with van der Waals surface area (Å²) in [7, 11) is 1.66. The van der Waals surface area contributed by atoms with E-state index in [2.05, 4.69) is 28.4 Å². The molecule has 2 fully saturated rings. The predicted octanol–water partition coefficient (Wildman–Crippen LogP) is 3.61. The third-order valence-corrected chi connectivity index (χ3v) is 6.55. The zero-order valence-electron chi connectivity index (χ0n) is 19.5. The lowest BCUT2D eigenvalue weighted by molar-refractivity contribution is -0.159. The summed E-state index contributed by atoms with van der Waals surface area (Å²) in [4.78, 5) is 29.2. The minimum atomic E-state index is -0.575. The van der Waals surface area contributed by atoms with Gasteiger partial charge in [-0.25, -0.2) is 4.79 Å². The number of esters is 1. The van der Waals surface area contributed by atoms with Crippen LogP contribution in [0.5, 0.6) is 5.75 Å². The summed E-state index contributed by atoms with van der Waals surface area (Å²) in [6.07, 6.45) is 2.37. The van der Waals surface area contributed by atoms with E-state index in [0.717, 1.165) is 42.9 Å². The van der Waals surface area contributed by atoms with Crippen molar-refractivity contribution in [3.8, 4) is 5.75 Å². The third-order valence-electron chi connectivity index (χ3n) is 6.55. The van der Waals surface area contributed by atoms with E-state index in [9.17, 15) is 9.59 Å². The van der Waals surface area contributed by atoms with Gasteiger partial charge in [0.25, 0.3) is 0 Å². The number of nitrogens with zero attached hydrogens (tertiary/aromatic N) is 2. The van der Waals surface area contributed by atoms with E-state index in [0.29, 0.717) is 32.7 Å². The predicted molar refractivity (Wildman–Crippen MR) is 127 cm³/mol. The monoisotopic (exact) mass is 451 g/mol. The highest BCUT2D eigenvalue weighted by atomic mass is 16.5. The number of benzene rings is 2. The lowest BCUT2D eigenvalue weighted by Crippen LogP contribution is -2.49. The van der Waals surface area contributed by atoms with Crippen molar-refractivity contribution in [3.05, 3.63) is 59.7 Å². The number of nitrogens with one attached hydrogen (secondary N) is 1. The smallest absolute Gasteiger partial charge is 0.321 e. The summed E-state index contributed by atoms with van der Waals surface area (Å²) >= 11 is 0. The number of urea groups is 1. The molecule has 33 heavy (non-hydrogen) atoms. The first-order chi connectivity index (χ1) is 16.0. The van der Waals surface area contributed by atoms with Gasteiger partial charge in [-0.1, -0.05) is 24.3 Å². The molecule has 1 atom stereocenters. The molecule has 176 valence electrons. The van der Waals surface area contributed by atoms with E-state index in [-0.39, 0.29) is 12.0 Å². The van der Waals surface area contributed by atoms with Gasteiger partial charge in [0.15, 0.2) is 0 Å². The summed E-state index contributed by atoms with van der Waals surface area (Å²) in [5, 5.41) is 2.83. The van der Waals surface area contributed by atoms with Crippen molar-refractivity contribution in [2.45, 2.75) is 32.7 Å². The second kappa shape index (κ2) is 10.3. The quantitative estimate of drug-likeness (QED) is 0.621. The van der Waals surface area contributed by atoms with Gasteiger partial charge in [0.05, 0.1) is 19.1 Å². The summed E-state index contributed by atoms with van der Waals surface area (Å²) in [5.41, 5.74) is 2.58. The van der Waals surface area contributed by atoms with Crippen LogP contribution in [0.15, 0.2) is 48.5 Å². The molecule has 7 nitrogen and oxygen atoms in total. The maximum Gasteiger partial charge on any atom is 0.321 e. The number of hydrogen-bond acceptors (Lipinski definition) is 5. The second-order valence-corrected chi connectivity index (χ2v) is 8.89. The Balaban J connectivity index is 1.49. The Labute approximate surface area is 195 Å². The molecule has 1 N–H and O–H groups in total. The van der Waals surface area contributed by atoms with Crippen LogP contribution in [-0.2, 0) is 22.5 Å². The largest absolute Gasteiger partial charge is 0.497 e. The zero-order chi connectivity index (χ0) is 23.3. The van der Waals surface area contributed by atoms with Crippen LogP contribution in [0.3, 0.4) is 0 Å². The van der Waals surface area contributed by atoms with Gasteiger partial charge in [0, 0.05) is 31.9 Å². The molecule has 4 rings (SSSR count). The van der Waals surface area contributed by atoms with E-state index in [1.54, 1.807) is 12.0 Å². The molecule has 2 saturated heterocycles. The Morgan fingerprint density at radius 2 is 1.94 bits per heavy atom. The first kappa shape index (κ1) is 23.1. The van der Waals surface area contributed by atoms with Crippen LogP contribution in [0.4, 0.5) is 10.5 Å². The molecule has 2 amide bonds. The van der Waals surface area contributed by atoms with Gasteiger partial charge in [-0.2, -0.15) is 0 Å². The van der Waals surface area contributed by atoms with Crippen molar-refractivity contribution in [2.75, 3.05) is 44.8 Å². The lowest BCUT2D eigenvalue weighted by atomic mass is 9.75. The van der Waals surface area contributed by atoms with Crippen LogP contribution in [-0.4, -0.2) is 56.8 Å². The molecule has 2 heterocycles. The van der Waals surface area contributed by atoms with Gasteiger partial charge < -0.3 is 14.8 Å². The molecule has 0 aromatic heterocycles. The van der Waals surface area contributed by atoms with Crippen molar-refractivity contribution in [2.24, 2.45) is 5.41 Å². The molecular formula is C26H33N3O4. The number of hydrogen-bond donors (Lipinski definition) is 1. The van der Waals surface area contributed by atoms with Crippen LogP contribution in [0.1, 0.15) is 30.9 Å². The molecule has 0 saturated carbocycles. The normalized spacial score (nSPS) is 21.0. The van der Waals surface area contributed by atoms with E-state index >= 15 is 0 Å². The van der Waals surface area contributed by atoms with Crippen LogP contribution < -0.4 is 15.0 Å². The second-order valence-electron chi connectivity index (χ2n) is 8.89. The topological polar surface area (TPSA) is 71.1 Å². The molecule has 2 aliphatic heterocycles. The van der Waals surface area contributed by atoms with Gasteiger partial charge in [0.1, 0.15) is 5.75 Å². The Hall–Kier alpha value is -3.06. The lowest BCUT2D eigenvalue weighted by Gasteiger charge is -2.41. The number of likely N-dealkylation sites (tertiary alicyclic amines) is 1. The molecule has 2 aromatic carbocycles. The number of carbonyl (C=O) groups excluding carboxylic acids is 2. The number of rotatable bonds is 8. The van der Waals surface area contributed by atoms with Crippen molar-refractivity contribution in [1.29, 1.82) is 0 Å². The number of anilines is 1. The first-order valence-corrected chi connectivity index (χ1v) is 11.7. The number of ether oxygens (including phenoxy) is 2. The van der Waals surface area contributed by atoms with E-state index in [1.165, 1.54) is 5.56 Å². The van der Waals surface area contributed by atoms with Crippen molar-refractivity contribution < 1.29 is 19.1 Å².